The van der Waals surface area contributed by atoms with Crippen molar-refractivity contribution in [3.05, 3.63) is 28.2 Å². The number of amides is 1. The van der Waals surface area contributed by atoms with Crippen LogP contribution < -0.4 is 11.1 Å². The molecule has 6 heteroatoms. The molecule has 0 aliphatic heterocycles. The third-order valence-electron chi connectivity index (χ3n) is 2.20. The third-order valence-corrected chi connectivity index (χ3v) is 3.87. The van der Waals surface area contributed by atoms with E-state index >= 15 is 0 Å². The molecule has 0 unspecified atom stereocenters. The minimum absolute atomic E-state index is 0. The quantitative estimate of drug-likeness (QED) is 0.611. The molecule has 0 aliphatic rings. The Morgan fingerprint density at radius 2 is 2.22 bits per heavy atom. The monoisotopic (exact) mass is 352 g/mol. The van der Waals surface area contributed by atoms with Gasteiger partial charge in [0.25, 0.3) is 0 Å². The molecule has 0 saturated heterocycles. The lowest BCUT2D eigenvalue weighted by atomic mass is 10.2. The van der Waals surface area contributed by atoms with Gasteiger partial charge in [0.15, 0.2) is 0 Å². The summed E-state index contributed by atoms with van der Waals surface area (Å²) in [5, 5.41) is 2.84. The Labute approximate surface area is 127 Å². The van der Waals surface area contributed by atoms with E-state index in [9.17, 15) is 4.79 Å². The first-order valence-electron chi connectivity index (χ1n) is 5.49. The van der Waals surface area contributed by atoms with Gasteiger partial charge in [-0.3, -0.25) is 4.79 Å². The summed E-state index contributed by atoms with van der Waals surface area (Å²) in [4.78, 5) is 12.6. The standard InChI is InChI=1S/C12H17BrN2OS.ClH/c1-9-7-10(13)3-4-11(9)17-8-12(16)15-6-2-5-14;/h3-4,7H,2,5-6,8,14H2,1H3,(H,15,16);1H. The van der Waals surface area contributed by atoms with Gasteiger partial charge in [-0.25, -0.2) is 0 Å². The first-order valence-corrected chi connectivity index (χ1v) is 7.27. The lowest BCUT2D eigenvalue weighted by molar-refractivity contribution is -0.118. The molecular weight excluding hydrogens is 336 g/mol. The molecule has 0 atom stereocenters. The minimum Gasteiger partial charge on any atom is -0.355 e. The van der Waals surface area contributed by atoms with E-state index in [4.69, 9.17) is 5.73 Å². The van der Waals surface area contributed by atoms with Crippen molar-refractivity contribution in [1.82, 2.24) is 5.32 Å². The van der Waals surface area contributed by atoms with E-state index in [0.717, 1.165) is 15.8 Å². The number of carbonyl (C=O) groups excluding carboxylic acids is 1. The van der Waals surface area contributed by atoms with Gasteiger partial charge in [0, 0.05) is 15.9 Å². The van der Waals surface area contributed by atoms with Gasteiger partial charge in [0.2, 0.25) is 5.91 Å². The molecule has 1 rings (SSSR count). The molecule has 0 heterocycles. The molecule has 0 fully saturated rings. The maximum atomic E-state index is 11.5. The van der Waals surface area contributed by atoms with Crippen molar-refractivity contribution < 1.29 is 4.79 Å². The molecule has 18 heavy (non-hydrogen) atoms. The molecule has 0 bridgehead atoms. The van der Waals surface area contributed by atoms with Gasteiger partial charge < -0.3 is 11.1 Å². The van der Waals surface area contributed by atoms with Crippen LogP contribution in [0, 0.1) is 6.92 Å². The summed E-state index contributed by atoms with van der Waals surface area (Å²) >= 11 is 4.98. The molecule has 102 valence electrons. The van der Waals surface area contributed by atoms with Gasteiger partial charge >= 0.3 is 0 Å². The highest BCUT2D eigenvalue weighted by Gasteiger charge is 2.04. The first kappa shape index (κ1) is 17.8. The number of nitrogens with two attached hydrogens (primary N) is 1. The Morgan fingerprint density at radius 1 is 1.50 bits per heavy atom. The Bertz CT molecular complexity index is 390. The van der Waals surface area contributed by atoms with E-state index in [1.807, 2.05) is 19.1 Å². The fourth-order valence-electron chi connectivity index (χ4n) is 1.30. The molecular formula is C12H18BrClN2OS. The third kappa shape index (κ3) is 6.64. The lowest BCUT2D eigenvalue weighted by Crippen LogP contribution is -2.27. The van der Waals surface area contributed by atoms with E-state index in [2.05, 4.69) is 27.3 Å². The summed E-state index contributed by atoms with van der Waals surface area (Å²) < 4.78 is 1.06. The predicted octanol–water partition coefficient (Wildman–Crippen LogP) is 2.74. The van der Waals surface area contributed by atoms with Crippen molar-refractivity contribution >= 4 is 46.0 Å². The van der Waals surface area contributed by atoms with Crippen molar-refractivity contribution in [2.45, 2.75) is 18.2 Å². The maximum Gasteiger partial charge on any atom is 0.230 e. The van der Waals surface area contributed by atoms with Crippen molar-refractivity contribution in [2.24, 2.45) is 5.73 Å². The molecule has 3 N–H and O–H groups in total. The van der Waals surface area contributed by atoms with Crippen LogP contribution in [0.3, 0.4) is 0 Å². The molecule has 0 saturated carbocycles. The number of hydrogen-bond acceptors (Lipinski definition) is 3. The SMILES string of the molecule is Cc1cc(Br)ccc1SCC(=O)NCCCN.Cl. The van der Waals surface area contributed by atoms with Crippen molar-refractivity contribution in [3.63, 3.8) is 0 Å². The molecule has 0 aliphatic carbocycles. The number of hydrogen-bond donors (Lipinski definition) is 2. The number of thioether (sulfide) groups is 1. The van der Waals surface area contributed by atoms with E-state index < -0.39 is 0 Å². The normalized spacial score (nSPS) is 9.72. The summed E-state index contributed by atoms with van der Waals surface area (Å²) in [6, 6.07) is 6.06. The zero-order valence-electron chi connectivity index (χ0n) is 10.2. The van der Waals surface area contributed by atoms with Crippen LogP contribution in [0.4, 0.5) is 0 Å². The Hall–Kier alpha value is -0.230. The Balaban J connectivity index is 0.00000289. The zero-order chi connectivity index (χ0) is 12.7. The maximum absolute atomic E-state index is 11.5. The van der Waals surface area contributed by atoms with Crippen molar-refractivity contribution in [1.29, 1.82) is 0 Å². The molecule has 0 spiro atoms. The van der Waals surface area contributed by atoms with Gasteiger partial charge in [-0.05, 0) is 43.7 Å². The average Bonchev–Trinajstić information content (AvgIpc) is 2.28. The van der Waals surface area contributed by atoms with Gasteiger partial charge in [-0.15, -0.1) is 24.2 Å². The Morgan fingerprint density at radius 3 is 2.83 bits per heavy atom. The molecule has 1 aromatic rings. The summed E-state index contributed by atoms with van der Waals surface area (Å²) in [6.07, 6.45) is 0.827. The highest BCUT2D eigenvalue weighted by atomic mass is 79.9. The van der Waals surface area contributed by atoms with E-state index in [1.54, 1.807) is 11.8 Å². The minimum atomic E-state index is 0. The van der Waals surface area contributed by atoms with Crippen molar-refractivity contribution in [3.8, 4) is 0 Å². The second-order valence-electron chi connectivity index (χ2n) is 3.69. The molecule has 1 amide bonds. The smallest absolute Gasteiger partial charge is 0.230 e. The fourth-order valence-corrected chi connectivity index (χ4v) is 2.61. The number of halogens is 2. The predicted molar refractivity (Wildman–Crippen MR) is 83.5 cm³/mol. The number of carbonyl (C=O) groups is 1. The number of rotatable bonds is 6. The van der Waals surface area contributed by atoms with Gasteiger partial charge in [-0.1, -0.05) is 15.9 Å². The number of nitrogens with one attached hydrogen (secondary N) is 1. The summed E-state index contributed by atoms with van der Waals surface area (Å²) in [5.74, 6) is 0.512. The van der Waals surface area contributed by atoms with Crippen LogP contribution in [-0.4, -0.2) is 24.7 Å². The molecule has 0 aromatic heterocycles. The van der Waals surface area contributed by atoms with E-state index in [-0.39, 0.29) is 18.3 Å². The first-order chi connectivity index (χ1) is 8.13. The van der Waals surface area contributed by atoms with Crippen LogP contribution in [0.15, 0.2) is 27.6 Å². The second-order valence-corrected chi connectivity index (χ2v) is 5.62. The number of benzene rings is 1. The van der Waals surface area contributed by atoms with Crippen LogP contribution in [0.1, 0.15) is 12.0 Å². The van der Waals surface area contributed by atoms with E-state index in [0.29, 0.717) is 18.8 Å². The van der Waals surface area contributed by atoms with Crippen LogP contribution in [-0.2, 0) is 4.79 Å². The van der Waals surface area contributed by atoms with Crippen LogP contribution in [0.25, 0.3) is 0 Å². The summed E-state index contributed by atoms with van der Waals surface area (Å²) in [7, 11) is 0. The largest absolute Gasteiger partial charge is 0.355 e. The molecule has 1 aromatic carbocycles. The van der Waals surface area contributed by atoms with E-state index in [1.165, 1.54) is 5.56 Å². The van der Waals surface area contributed by atoms with Gasteiger partial charge in [0.1, 0.15) is 0 Å². The van der Waals surface area contributed by atoms with Crippen molar-refractivity contribution in [2.75, 3.05) is 18.8 Å². The zero-order valence-corrected chi connectivity index (χ0v) is 13.5. The molecule has 3 nitrogen and oxygen atoms in total. The summed E-state index contributed by atoms with van der Waals surface area (Å²) in [5.41, 5.74) is 6.53. The lowest BCUT2D eigenvalue weighted by Gasteiger charge is -2.06. The van der Waals surface area contributed by atoms with Crippen LogP contribution >= 0.6 is 40.1 Å². The highest BCUT2D eigenvalue weighted by Crippen LogP contribution is 2.24. The topological polar surface area (TPSA) is 55.1 Å². The van der Waals surface area contributed by atoms with Crippen LogP contribution in [0.5, 0.6) is 0 Å². The van der Waals surface area contributed by atoms with Crippen LogP contribution in [0.2, 0.25) is 0 Å². The second kappa shape index (κ2) is 9.67. The average molecular weight is 354 g/mol. The van der Waals surface area contributed by atoms with Gasteiger partial charge in [-0.2, -0.15) is 0 Å². The van der Waals surface area contributed by atoms with Gasteiger partial charge in [0.05, 0.1) is 5.75 Å². The number of aryl methyl sites for hydroxylation is 1. The molecule has 0 radical (unpaired) electrons. The summed E-state index contributed by atoms with van der Waals surface area (Å²) in [6.45, 7) is 3.31. The Kier molecular flexibility index (Phi) is 9.54. The fraction of sp³-hybridized carbons (Fsp3) is 0.417. The highest BCUT2D eigenvalue weighted by molar-refractivity contribution is 9.10.